The number of unbranched alkanes of at least 4 members (excludes halogenated alkanes) is 20. The fourth-order valence-corrected chi connectivity index (χ4v) is 12.8. The number of hydrogen-bond acceptors (Lipinski definition) is 7. The summed E-state index contributed by atoms with van der Waals surface area (Å²) in [6.07, 6.45) is 36.9. The zero-order valence-electron chi connectivity index (χ0n) is 58.6. The van der Waals surface area contributed by atoms with Crippen LogP contribution in [0.1, 0.15) is 257 Å². The van der Waals surface area contributed by atoms with Crippen molar-refractivity contribution in [2.75, 3.05) is 31.3 Å². The van der Waals surface area contributed by atoms with Gasteiger partial charge in [-0.3, -0.25) is 0 Å². The van der Waals surface area contributed by atoms with Crippen LogP contribution in [0.4, 0.5) is 17.1 Å². The lowest BCUT2D eigenvalue weighted by Gasteiger charge is -2.28. The summed E-state index contributed by atoms with van der Waals surface area (Å²) in [6.45, 7) is 25.2. The first-order valence-corrected chi connectivity index (χ1v) is 36.2. The summed E-state index contributed by atoms with van der Waals surface area (Å²) in [5, 5.41) is 0. The van der Waals surface area contributed by atoms with Crippen molar-refractivity contribution in [1.29, 1.82) is 0 Å². The molecule has 0 aliphatic carbocycles. The lowest BCUT2D eigenvalue weighted by atomic mass is 9.86. The first-order chi connectivity index (χ1) is 45.3. The van der Waals surface area contributed by atoms with Crippen LogP contribution >= 0.6 is 0 Å². The Balaban J connectivity index is 1.33. The van der Waals surface area contributed by atoms with Crippen LogP contribution in [-0.2, 0) is 10.8 Å². The fourth-order valence-electron chi connectivity index (χ4n) is 12.8. The average Bonchev–Trinajstić information content (AvgIpc) is 1.69. The summed E-state index contributed by atoms with van der Waals surface area (Å²) in [5.74, 6) is 3.14. The first kappa shape index (κ1) is 69.8. The van der Waals surface area contributed by atoms with Gasteiger partial charge >= 0.3 is 0 Å². The highest BCUT2D eigenvalue weighted by Gasteiger charge is 2.27. The molecule has 2 aliphatic rings. The molecular weight excluding hydrogens is 1140 g/mol. The maximum atomic E-state index is 6.98. The highest BCUT2D eigenvalue weighted by Crippen LogP contribution is 2.48. The molecule has 0 saturated carbocycles. The van der Waals surface area contributed by atoms with Gasteiger partial charge in [-0.25, -0.2) is 9.97 Å². The van der Waals surface area contributed by atoms with Crippen LogP contribution in [-0.4, -0.2) is 46.4 Å². The van der Waals surface area contributed by atoms with Crippen molar-refractivity contribution in [3.05, 3.63) is 149 Å². The van der Waals surface area contributed by atoms with E-state index < -0.39 is 0 Å². The van der Waals surface area contributed by atoms with Crippen LogP contribution in [0.15, 0.2) is 115 Å². The third-order valence-electron chi connectivity index (χ3n) is 18.3. The lowest BCUT2D eigenvalue weighted by molar-refractivity contribution is 0.292. The van der Waals surface area contributed by atoms with Gasteiger partial charge in [-0.15, -0.1) is 0 Å². The number of nitrogens with zero attached hydrogens (tertiary/aromatic N) is 3. The number of H-pyrrole nitrogens is 2. The van der Waals surface area contributed by atoms with Gasteiger partial charge in [0.2, 0.25) is 0 Å². The molecule has 0 amide bonds. The number of rotatable bonds is 37. The van der Waals surface area contributed by atoms with E-state index in [1.165, 1.54) is 114 Å². The van der Waals surface area contributed by atoms with Crippen LogP contribution in [0.25, 0.3) is 68.6 Å². The minimum Gasteiger partial charge on any atom is -0.493 e. The number of aromatic amines is 2. The van der Waals surface area contributed by atoms with Gasteiger partial charge in [-0.1, -0.05) is 234 Å². The summed E-state index contributed by atoms with van der Waals surface area (Å²) in [7, 11) is 0. The lowest BCUT2D eigenvalue weighted by Crippen LogP contribution is -2.15. The van der Waals surface area contributed by atoms with Gasteiger partial charge < -0.3 is 33.8 Å². The number of benzene rings is 4. The molecule has 496 valence electrons. The molecule has 3 aromatic heterocycles. The molecule has 2 aliphatic heterocycles. The molecule has 7 aromatic rings. The van der Waals surface area contributed by atoms with Gasteiger partial charge in [0, 0.05) is 39.1 Å². The largest absolute Gasteiger partial charge is 0.493 e. The molecule has 0 fully saturated rings. The minimum absolute atomic E-state index is 0.0520. The Kier molecular flexibility index (Phi) is 26.4. The zero-order valence-corrected chi connectivity index (χ0v) is 58.6. The smallest absolute Gasteiger partial charge is 0.131 e. The van der Waals surface area contributed by atoms with E-state index in [2.05, 4.69) is 224 Å². The van der Waals surface area contributed by atoms with Crippen LogP contribution in [0.3, 0.4) is 0 Å². The van der Waals surface area contributed by atoms with E-state index in [1.807, 2.05) is 0 Å². The zero-order chi connectivity index (χ0) is 65.4. The van der Waals surface area contributed by atoms with Crippen LogP contribution < -0.4 is 23.8 Å². The Bertz CT molecular complexity index is 3470. The van der Waals surface area contributed by atoms with Gasteiger partial charge in [0.1, 0.15) is 23.0 Å². The Morgan fingerprint density at radius 3 is 1.12 bits per heavy atom. The predicted molar refractivity (Wildman–Crippen MR) is 397 cm³/mol. The molecule has 8 bridgehead atoms. The van der Waals surface area contributed by atoms with Crippen LogP contribution in [0.5, 0.6) is 23.0 Å². The second kappa shape index (κ2) is 35.1. The number of hydrogen-bond donors (Lipinski definition) is 2. The average molecular weight is 1250 g/mol. The van der Waals surface area contributed by atoms with Crippen molar-refractivity contribution in [3.8, 4) is 45.3 Å². The summed E-state index contributed by atoms with van der Waals surface area (Å²) >= 11 is 0. The summed E-state index contributed by atoms with van der Waals surface area (Å²) < 4.78 is 27.9. The van der Waals surface area contributed by atoms with E-state index >= 15 is 0 Å². The van der Waals surface area contributed by atoms with Gasteiger partial charge in [-0.05, 0) is 151 Å². The molecule has 4 aromatic carbocycles. The molecule has 9 nitrogen and oxygen atoms in total. The standard InChI is InChI=1S/C84H111N5O4/c1-11-15-19-23-27-31-57-90-74-37-35-38-75(91-58-32-28-24-20-16-12-2)80(74)78-68-51-45-64(85-68)61-65-46-52-69(86-65)79(81-76(92-59-33-29-25-21-17-13-3)39-36-40-77(81)93-60-34-30-26-22-18-14-4)71-54-56-73(88-71)82(72-55-53-70(78)87-72)89(66-47-41-62(42-48-66)83(5,6)7)67-49-43-63(44-50-67)84(8,9)10/h35-56,61,85,88H,11-34,57-60H2,1-10H3. The van der Waals surface area contributed by atoms with Crippen molar-refractivity contribution in [2.45, 2.75) is 234 Å². The molecule has 0 radical (unpaired) electrons. The van der Waals surface area contributed by atoms with Gasteiger partial charge in [-0.2, -0.15) is 0 Å². The van der Waals surface area contributed by atoms with E-state index in [4.69, 9.17) is 28.9 Å². The Hall–Kier alpha value is -7.52. The Morgan fingerprint density at radius 2 is 0.699 bits per heavy atom. The molecule has 0 saturated heterocycles. The normalized spacial score (nSPS) is 12.2. The van der Waals surface area contributed by atoms with Gasteiger partial charge in [0.15, 0.2) is 0 Å². The Labute approximate surface area is 559 Å². The summed E-state index contributed by atoms with van der Waals surface area (Å²) in [4.78, 5) is 21.9. The molecular formula is C84H111N5O4. The third kappa shape index (κ3) is 19.3. The fraction of sp³-hybridized carbons (Fsp3) is 0.476. The number of fused-ring (bicyclic) bond motifs is 8. The third-order valence-corrected chi connectivity index (χ3v) is 18.3. The van der Waals surface area contributed by atoms with E-state index in [0.717, 1.165) is 159 Å². The minimum atomic E-state index is -0.0520. The molecule has 9 heteroatoms. The van der Waals surface area contributed by atoms with Crippen molar-refractivity contribution in [2.24, 2.45) is 0 Å². The topological polar surface area (TPSA) is 97.5 Å². The van der Waals surface area contributed by atoms with Crippen molar-refractivity contribution in [3.63, 3.8) is 0 Å². The van der Waals surface area contributed by atoms with Gasteiger partial charge in [0.25, 0.3) is 0 Å². The highest BCUT2D eigenvalue weighted by atomic mass is 16.5. The molecule has 0 atom stereocenters. The monoisotopic (exact) mass is 1250 g/mol. The van der Waals surface area contributed by atoms with E-state index in [-0.39, 0.29) is 10.8 Å². The quantitative estimate of drug-likeness (QED) is 0.0374. The number of ether oxygens (including phenoxy) is 4. The van der Waals surface area contributed by atoms with Crippen LogP contribution in [0, 0.1) is 0 Å². The number of anilines is 3. The SMILES string of the molecule is CCCCCCCCOc1cccc(OCCCCCCCC)c1-c1c2nc(c(N(c3ccc(C(C)(C)C)cc3)c3ccc(C(C)(C)C)cc3)c3ccc([nH]3)c(-c3c(OCCCCCCCC)cccc3OCCCCCCCC)c3nc(cc4ccc1[nH]4)C=C3)C=C2. The van der Waals surface area contributed by atoms with Gasteiger partial charge in [0.05, 0.1) is 71.5 Å². The summed E-state index contributed by atoms with van der Waals surface area (Å²) in [5.41, 5.74) is 15.7. The number of nitrogens with one attached hydrogen (secondary N) is 2. The maximum absolute atomic E-state index is 6.98. The second-order valence-corrected chi connectivity index (χ2v) is 28.0. The molecule has 5 heterocycles. The molecule has 0 unspecified atom stereocenters. The first-order valence-electron chi connectivity index (χ1n) is 36.2. The second-order valence-electron chi connectivity index (χ2n) is 28.0. The maximum Gasteiger partial charge on any atom is 0.131 e. The summed E-state index contributed by atoms with van der Waals surface area (Å²) in [6, 6.07) is 41.8. The molecule has 93 heavy (non-hydrogen) atoms. The molecule has 0 spiro atoms. The molecule has 2 N–H and O–H groups in total. The number of aromatic nitrogens is 4. The van der Waals surface area contributed by atoms with Crippen molar-refractivity contribution < 1.29 is 18.9 Å². The van der Waals surface area contributed by atoms with Crippen molar-refractivity contribution >= 4 is 63.4 Å². The predicted octanol–water partition coefficient (Wildman–Crippen LogP) is 25.0. The van der Waals surface area contributed by atoms with Crippen molar-refractivity contribution in [1.82, 2.24) is 19.9 Å². The highest BCUT2D eigenvalue weighted by molar-refractivity contribution is 6.01. The Morgan fingerprint density at radius 1 is 0.344 bits per heavy atom. The van der Waals surface area contributed by atoms with E-state index in [0.29, 0.717) is 26.4 Å². The van der Waals surface area contributed by atoms with Crippen LogP contribution in [0.2, 0.25) is 0 Å². The van der Waals surface area contributed by atoms with E-state index in [1.54, 1.807) is 0 Å². The molecule has 9 rings (SSSR count). The van der Waals surface area contributed by atoms with E-state index in [9.17, 15) is 0 Å².